The molecule has 200 valence electrons. The van der Waals surface area contributed by atoms with Crippen molar-refractivity contribution in [3.05, 3.63) is 10.4 Å². The van der Waals surface area contributed by atoms with E-state index in [2.05, 4.69) is 15.3 Å². The molecule has 16 heteroatoms. The summed E-state index contributed by atoms with van der Waals surface area (Å²) in [5.41, 5.74) is 8.77. The highest BCUT2D eigenvalue weighted by atomic mass is 16.8. The van der Waals surface area contributed by atoms with Gasteiger partial charge in [-0.25, -0.2) is 4.79 Å². The van der Waals surface area contributed by atoms with E-state index in [1.165, 1.54) is 0 Å². The SMILES string of the molecule is COC(=O)[C@@]1(OC(C)=O)C[C@@H](OC(C)=O)[C@@H](NC(C)=O)C([C@H](OC(C)=O)[C@@H](CN=[N+]=[N-])OC(C)=O)O1. The van der Waals surface area contributed by atoms with Crippen LogP contribution in [0, 0.1) is 0 Å². The zero-order valence-electron chi connectivity index (χ0n) is 20.5. The minimum Gasteiger partial charge on any atom is -0.464 e. The summed E-state index contributed by atoms with van der Waals surface area (Å²) in [5.74, 6) is -8.02. The van der Waals surface area contributed by atoms with Gasteiger partial charge >= 0.3 is 35.6 Å². The van der Waals surface area contributed by atoms with Crippen LogP contribution in [0.1, 0.15) is 41.0 Å². The van der Waals surface area contributed by atoms with Crippen molar-refractivity contribution in [3.8, 4) is 0 Å². The average molecular weight is 516 g/mol. The number of hydrogen-bond acceptors (Lipinski definition) is 13. The van der Waals surface area contributed by atoms with Gasteiger partial charge < -0.3 is 33.7 Å². The maximum Gasteiger partial charge on any atom is 0.379 e. The second kappa shape index (κ2) is 13.3. The molecule has 1 unspecified atom stereocenters. The summed E-state index contributed by atoms with van der Waals surface area (Å²) in [6, 6.07) is -1.34. The van der Waals surface area contributed by atoms with E-state index in [4.69, 9.17) is 34.0 Å². The molecule has 1 aliphatic rings. The molecule has 0 aromatic heterocycles. The van der Waals surface area contributed by atoms with Crippen LogP contribution in [0.5, 0.6) is 0 Å². The van der Waals surface area contributed by atoms with E-state index in [0.29, 0.717) is 0 Å². The fourth-order valence-electron chi connectivity index (χ4n) is 3.67. The minimum atomic E-state index is -2.53. The minimum absolute atomic E-state index is 0.572. The largest absolute Gasteiger partial charge is 0.464 e. The third-order valence-electron chi connectivity index (χ3n) is 4.68. The molecule has 1 aliphatic heterocycles. The summed E-state index contributed by atoms with van der Waals surface area (Å²) in [6.45, 7) is 4.60. The van der Waals surface area contributed by atoms with Gasteiger partial charge in [0, 0.05) is 39.5 Å². The molecular formula is C20H28N4O12. The van der Waals surface area contributed by atoms with Gasteiger partial charge in [-0.05, 0) is 5.53 Å². The smallest absolute Gasteiger partial charge is 0.379 e. The van der Waals surface area contributed by atoms with Crippen LogP contribution < -0.4 is 5.32 Å². The number of carbonyl (C=O) groups excluding carboxylic acids is 6. The Kier molecular flexibility index (Phi) is 11.1. The number of amides is 1. The first-order valence-corrected chi connectivity index (χ1v) is 10.5. The average Bonchev–Trinajstić information content (AvgIpc) is 2.74. The number of ether oxygens (including phenoxy) is 6. The lowest BCUT2D eigenvalue weighted by Crippen LogP contribution is -2.69. The molecule has 16 nitrogen and oxygen atoms in total. The summed E-state index contributed by atoms with van der Waals surface area (Å²) in [7, 11) is 0.972. The lowest BCUT2D eigenvalue weighted by Gasteiger charge is -2.48. The molecule has 0 aliphatic carbocycles. The van der Waals surface area contributed by atoms with Crippen LogP contribution in [0.3, 0.4) is 0 Å². The Morgan fingerprint density at radius 1 is 1.03 bits per heavy atom. The number of nitrogens with one attached hydrogen (secondary N) is 1. The summed E-state index contributed by atoms with van der Waals surface area (Å²) in [5, 5.41) is 5.83. The number of rotatable bonds is 10. The van der Waals surface area contributed by atoms with Crippen molar-refractivity contribution in [1.29, 1.82) is 0 Å². The summed E-state index contributed by atoms with van der Waals surface area (Å²) in [6.07, 6.45) is -6.88. The van der Waals surface area contributed by atoms with Gasteiger partial charge in [-0.15, -0.1) is 0 Å². The predicted molar refractivity (Wildman–Crippen MR) is 114 cm³/mol. The van der Waals surface area contributed by atoms with Gasteiger partial charge in [-0.3, -0.25) is 24.0 Å². The van der Waals surface area contributed by atoms with Crippen molar-refractivity contribution >= 4 is 35.8 Å². The molecule has 1 saturated heterocycles. The fourth-order valence-corrected chi connectivity index (χ4v) is 3.67. The van der Waals surface area contributed by atoms with E-state index < -0.39 is 85.0 Å². The topological polar surface area (TPSA) is 219 Å². The van der Waals surface area contributed by atoms with Gasteiger partial charge in [0.15, 0.2) is 6.10 Å². The Balaban J connectivity index is 3.84. The summed E-state index contributed by atoms with van der Waals surface area (Å²) >= 11 is 0. The second-order valence-electron chi connectivity index (χ2n) is 7.63. The molecule has 0 bridgehead atoms. The van der Waals surface area contributed by atoms with E-state index in [-0.39, 0.29) is 0 Å². The van der Waals surface area contributed by atoms with Gasteiger partial charge in [0.2, 0.25) is 5.91 Å². The molecule has 1 rings (SSSR count). The number of nitrogens with zero attached hydrogens (tertiary/aromatic N) is 3. The van der Waals surface area contributed by atoms with Crippen molar-refractivity contribution in [2.75, 3.05) is 13.7 Å². The standard InChI is InChI=1S/C20H28N4O12/c1-9(25)23-16-14(32-10(2)26)7-20(19(30)31-6,35-13(5)29)36-18(16)17(34-12(4)28)15(8-22-24-21)33-11(3)27/h14-18H,7-8H2,1-6H3,(H,23,25)/t14-,15-,16-,17-,18?,20-/m1/s1. The molecule has 36 heavy (non-hydrogen) atoms. The number of hydrogen-bond donors (Lipinski definition) is 1. The Hall–Kier alpha value is -3.91. The van der Waals surface area contributed by atoms with E-state index in [1.54, 1.807) is 0 Å². The van der Waals surface area contributed by atoms with Crippen LogP contribution >= 0.6 is 0 Å². The van der Waals surface area contributed by atoms with Gasteiger partial charge in [0.05, 0.1) is 26.1 Å². The normalized spacial score (nSPS) is 24.6. The van der Waals surface area contributed by atoms with Crippen LogP contribution in [0.25, 0.3) is 10.4 Å². The zero-order chi connectivity index (χ0) is 27.6. The molecule has 1 amide bonds. The first kappa shape index (κ1) is 30.1. The van der Waals surface area contributed by atoms with Crippen molar-refractivity contribution in [2.45, 2.75) is 77.3 Å². The lowest BCUT2D eigenvalue weighted by atomic mass is 9.87. The Bertz CT molecular complexity index is 930. The van der Waals surface area contributed by atoms with Crippen LogP contribution in [0.15, 0.2) is 5.11 Å². The maximum atomic E-state index is 12.8. The van der Waals surface area contributed by atoms with Gasteiger partial charge in [0.1, 0.15) is 18.3 Å². The predicted octanol–water partition coefficient (Wildman–Crippen LogP) is -0.182. The van der Waals surface area contributed by atoms with Crippen molar-refractivity contribution in [3.63, 3.8) is 0 Å². The van der Waals surface area contributed by atoms with Crippen LogP contribution in [0.4, 0.5) is 0 Å². The Labute approximate surface area is 205 Å². The fraction of sp³-hybridized carbons (Fsp3) is 0.700. The van der Waals surface area contributed by atoms with Gasteiger partial charge in [-0.2, -0.15) is 0 Å². The lowest BCUT2D eigenvalue weighted by molar-refractivity contribution is -0.303. The molecule has 1 N–H and O–H groups in total. The molecule has 0 saturated carbocycles. The Morgan fingerprint density at radius 3 is 2.08 bits per heavy atom. The van der Waals surface area contributed by atoms with E-state index in [1.807, 2.05) is 0 Å². The highest BCUT2D eigenvalue weighted by molar-refractivity contribution is 5.82. The van der Waals surface area contributed by atoms with E-state index in [9.17, 15) is 28.8 Å². The zero-order valence-corrected chi connectivity index (χ0v) is 20.5. The highest BCUT2D eigenvalue weighted by Crippen LogP contribution is 2.37. The summed E-state index contributed by atoms with van der Waals surface area (Å²) in [4.78, 5) is 75.0. The summed E-state index contributed by atoms with van der Waals surface area (Å²) < 4.78 is 31.5. The molecule has 0 spiro atoms. The molecule has 0 radical (unpaired) electrons. The van der Waals surface area contributed by atoms with Crippen LogP contribution in [-0.2, 0) is 57.2 Å². The molecule has 1 fully saturated rings. The first-order chi connectivity index (χ1) is 16.8. The number of carbonyl (C=O) groups is 6. The second-order valence-corrected chi connectivity index (χ2v) is 7.63. The molecule has 0 aromatic rings. The van der Waals surface area contributed by atoms with Crippen LogP contribution in [0.2, 0.25) is 0 Å². The van der Waals surface area contributed by atoms with Gasteiger partial charge in [-0.1, -0.05) is 5.11 Å². The number of methoxy groups -OCH3 is 1. The molecule has 6 atom stereocenters. The first-order valence-electron chi connectivity index (χ1n) is 10.5. The third kappa shape index (κ3) is 8.39. The van der Waals surface area contributed by atoms with Crippen molar-refractivity contribution in [2.24, 2.45) is 5.11 Å². The van der Waals surface area contributed by atoms with Crippen LogP contribution in [-0.4, -0.2) is 85.7 Å². The highest BCUT2D eigenvalue weighted by Gasteiger charge is 2.60. The van der Waals surface area contributed by atoms with Crippen molar-refractivity contribution in [1.82, 2.24) is 5.32 Å². The molecule has 1 heterocycles. The Morgan fingerprint density at radius 2 is 1.64 bits per heavy atom. The molecule has 0 aromatic carbocycles. The number of azide groups is 1. The van der Waals surface area contributed by atoms with Gasteiger partial charge in [0.25, 0.3) is 0 Å². The van der Waals surface area contributed by atoms with E-state index >= 15 is 0 Å². The third-order valence-corrected chi connectivity index (χ3v) is 4.68. The van der Waals surface area contributed by atoms with Crippen molar-refractivity contribution < 1.29 is 57.2 Å². The monoisotopic (exact) mass is 516 g/mol. The quantitative estimate of drug-likeness (QED) is 0.131. The number of esters is 5. The van der Waals surface area contributed by atoms with E-state index in [0.717, 1.165) is 41.7 Å². The molecular weight excluding hydrogens is 488 g/mol. The maximum absolute atomic E-state index is 12.8.